The van der Waals surface area contributed by atoms with Crippen LogP contribution in [-0.4, -0.2) is 56.1 Å². The lowest BCUT2D eigenvalue weighted by Gasteiger charge is -2.32. The van der Waals surface area contributed by atoms with E-state index in [-0.39, 0.29) is 34.8 Å². The lowest BCUT2D eigenvalue weighted by atomic mass is 10.0. The fraction of sp³-hybridized carbons (Fsp3) is 0.286. The molecule has 5 N–H and O–H groups in total. The Bertz CT molecular complexity index is 1200. The zero-order valence-electron chi connectivity index (χ0n) is 17.5. The van der Waals surface area contributed by atoms with Crippen molar-refractivity contribution in [2.24, 2.45) is 0 Å². The number of imidazole rings is 1. The van der Waals surface area contributed by atoms with Crippen LogP contribution in [-0.2, 0) is 6.54 Å². The summed E-state index contributed by atoms with van der Waals surface area (Å²) >= 11 is 12.0. The molecule has 1 fully saturated rings. The maximum Gasteiger partial charge on any atom is 0.276 e. The van der Waals surface area contributed by atoms with Crippen molar-refractivity contribution in [1.82, 2.24) is 24.8 Å². The number of nitrogens with one attached hydrogen (secondary N) is 5. The van der Waals surface area contributed by atoms with E-state index in [1.807, 2.05) is 6.07 Å². The van der Waals surface area contributed by atoms with Crippen LogP contribution < -0.4 is 16.2 Å². The molecule has 4 rings (SSSR count). The van der Waals surface area contributed by atoms with Gasteiger partial charge in [0.2, 0.25) is 5.95 Å². The first-order valence-electron chi connectivity index (χ1n) is 10.3. The molecule has 1 amide bonds. The van der Waals surface area contributed by atoms with Gasteiger partial charge in [-0.05, 0) is 30.5 Å². The van der Waals surface area contributed by atoms with Crippen LogP contribution in [0.3, 0.4) is 0 Å². The molecule has 0 saturated carbocycles. The standard InChI is InChI=1S/C21H22Cl2N8O2/c22-14-2-1-12(7-15(14)23)9-26-21-29-16(8-24)18(19(32)30-21)28-13-3-5-31(6-4-13)20(33)17-10-25-11-27-17/h1-2,7-8,10-11,13,24,28H,3-6,9H2,(H,25,27)(H2,26,29,30,32). The number of aromatic nitrogens is 4. The number of H-pyrrole nitrogens is 2. The summed E-state index contributed by atoms with van der Waals surface area (Å²) < 4.78 is 0. The summed E-state index contributed by atoms with van der Waals surface area (Å²) in [6.45, 7) is 1.46. The maximum atomic E-state index is 12.7. The normalized spacial score (nSPS) is 14.2. The van der Waals surface area contributed by atoms with Gasteiger partial charge < -0.3 is 25.9 Å². The van der Waals surface area contributed by atoms with E-state index in [1.54, 1.807) is 17.0 Å². The number of aromatic amines is 2. The van der Waals surface area contributed by atoms with Gasteiger partial charge in [0.25, 0.3) is 11.5 Å². The highest BCUT2D eigenvalue weighted by atomic mass is 35.5. The van der Waals surface area contributed by atoms with Gasteiger partial charge in [0.15, 0.2) is 0 Å². The molecule has 0 unspecified atom stereocenters. The predicted octanol–water partition coefficient (Wildman–Crippen LogP) is 3.13. The first-order valence-corrected chi connectivity index (χ1v) is 11.1. The van der Waals surface area contributed by atoms with Gasteiger partial charge in [-0.15, -0.1) is 0 Å². The van der Waals surface area contributed by atoms with Crippen molar-refractivity contribution in [2.45, 2.75) is 25.4 Å². The first kappa shape index (κ1) is 22.8. The van der Waals surface area contributed by atoms with Crippen molar-refractivity contribution < 1.29 is 4.79 Å². The fourth-order valence-electron chi connectivity index (χ4n) is 3.63. The lowest BCUT2D eigenvalue weighted by Crippen LogP contribution is -2.43. The third kappa shape index (κ3) is 5.35. The van der Waals surface area contributed by atoms with Crippen molar-refractivity contribution in [1.29, 1.82) is 5.41 Å². The molecule has 2 aromatic heterocycles. The molecular formula is C21H22Cl2N8O2. The molecule has 0 bridgehead atoms. The summed E-state index contributed by atoms with van der Waals surface area (Å²) in [6.07, 6.45) is 5.34. The Hall–Kier alpha value is -3.37. The Balaban J connectivity index is 1.39. The Kier molecular flexibility index (Phi) is 6.95. The molecule has 172 valence electrons. The second-order valence-electron chi connectivity index (χ2n) is 7.60. The number of carbonyl (C=O) groups is 1. The van der Waals surface area contributed by atoms with Gasteiger partial charge >= 0.3 is 0 Å². The molecule has 33 heavy (non-hydrogen) atoms. The fourth-order valence-corrected chi connectivity index (χ4v) is 3.95. The molecule has 1 aliphatic heterocycles. The monoisotopic (exact) mass is 488 g/mol. The number of rotatable bonds is 7. The molecule has 1 saturated heterocycles. The SMILES string of the molecule is N=Cc1nc(NCc2ccc(Cl)c(Cl)c2)[nH]c(=O)c1NC1CCN(C(=O)c2cnc[nH]2)CC1. The van der Waals surface area contributed by atoms with E-state index in [2.05, 4.69) is 30.6 Å². The Morgan fingerprint density at radius 2 is 2.06 bits per heavy atom. The number of halogens is 2. The van der Waals surface area contributed by atoms with E-state index >= 15 is 0 Å². The number of piperidine rings is 1. The summed E-state index contributed by atoms with van der Waals surface area (Å²) in [5.41, 5.74) is 1.41. The summed E-state index contributed by atoms with van der Waals surface area (Å²) in [5, 5.41) is 14.8. The largest absolute Gasteiger partial charge is 0.376 e. The zero-order chi connectivity index (χ0) is 23.4. The highest BCUT2D eigenvalue weighted by Crippen LogP contribution is 2.23. The van der Waals surface area contributed by atoms with Crippen LogP contribution >= 0.6 is 23.2 Å². The highest BCUT2D eigenvalue weighted by molar-refractivity contribution is 6.42. The van der Waals surface area contributed by atoms with Crippen molar-refractivity contribution >= 4 is 47.0 Å². The molecule has 0 aliphatic carbocycles. The van der Waals surface area contributed by atoms with Crippen LogP contribution in [0.2, 0.25) is 10.0 Å². The Morgan fingerprint density at radius 3 is 2.73 bits per heavy atom. The number of nitrogens with zero attached hydrogens (tertiary/aromatic N) is 3. The van der Waals surface area contributed by atoms with Crippen molar-refractivity contribution in [2.75, 3.05) is 23.7 Å². The van der Waals surface area contributed by atoms with Crippen molar-refractivity contribution in [3.63, 3.8) is 0 Å². The van der Waals surface area contributed by atoms with Gasteiger partial charge in [0.05, 0.1) is 22.6 Å². The van der Waals surface area contributed by atoms with E-state index < -0.39 is 0 Å². The van der Waals surface area contributed by atoms with E-state index in [9.17, 15) is 9.59 Å². The number of hydrogen-bond acceptors (Lipinski definition) is 7. The van der Waals surface area contributed by atoms with Gasteiger partial charge in [0, 0.05) is 31.9 Å². The van der Waals surface area contributed by atoms with Crippen LogP contribution in [0.15, 0.2) is 35.5 Å². The molecule has 0 radical (unpaired) electrons. The Labute approximate surface area is 199 Å². The van der Waals surface area contributed by atoms with Crippen molar-refractivity contribution in [3.05, 3.63) is 68.1 Å². The second kappa shape index (κ2) is 10.1. The molecule has 0 atom stereocenters. The first-order chi connectivity index (χ1) is 15.9. The van der Waals surface area contributed by atoms with E-state index in [0.717, 1.165) is 11.8 Å². The molecular weight excluding hydrogens is 467 g/mol. The van der Waals surface area contributed by atoms with Crippen LogP contribution in [0.5, 0.6) is 0 Å². The third-order valence-electron chi connectivity index (χ3n) is 5.39. The number of amides is 1. The van der Waals surface area contributed by atoms with Gasteiger partial charge in [-0.2, -0.15) is 0 Å². The van der Waals surface area contributed by atoms with E-state index in [0.29, 0.717) is 48.2 Å². The minimum Gasteiger partial charge on any atom is -0.376 e. The minimum atomic E-state index is -0.379. The number of hydrogen-bond donors (Lipinski definition) is 5. The quantitative estimate of drug-likeness (QED) is 0.323. The van der Waals surface area contributed by atoms with Gasteiger partial charge in [-0.3, -0.25) is 14.6 Å². The number of carbonyl (C=O) groups excluding carboxylic acids is 1. The van der Waals surface area contributed by atoms with Gasteiger partial charge in [-0.1, -0.05) is 29.3 Å². The average molecular weight is 489 g/mol. The third-order valence-corrected chi connectivity index (χ3v) is 6.13. The van der Waals surface area contributed by atoms with Crippen LogP contribution in [0.4, 0.5) is 11.6 Å². The molecule has 0 spiro atoms. The van der Waals surface area contributed by atoms with Crippen LogP contribution in [0, 0.1) is 5.41 Å². The van der Waals surface area contributed by atoms with Crippen LogP contribution in [0.1, 0.15) is 34.6 Å². The molecule has 10 nitrogen and oxygen atoms in total. The number of likely N-dealkylation sites (tertiary alicyclic amines) is 1. The molecule has 12 heteroatoms. The summed E-state index contributed by atoms with van der Waals surface area (Å²) in [6, 6.07) is 5.22. The number of anilines is 2. The smallest absolute Gasteiger partial charge is 0.276 e. The summed E-state index contributed by atoms with van der Waals surface area (Å²) in [4.78, 5) is 40.7. The van der Waals surface area contributed by atoms with E-state index in [1.165, 1.54) is 12.5 Å². The molecule has 1 aliphatic rings. The average Bonchev–Trinajstić information content (AvgIpc) is 3.36. The zero-order valence-corrected chi connectivity index (χ0v) is 19.0. The van der Waals surface area contributed by atoms with Gasteiger partial charge in [0.1, 0.15) is 17.1 Å². The van der Waals surface area contributed by atoms with Crippen LogP contribution in [0.25, 0.3) is 0 Å². The second-order valence-corrected chi connectivity index (χ2v) is 8.41. The predicted molar refractivity (Wildman–Crippen MR) is 128 cm³/mol. The Morgan fingerprint density at radius 1 is 1.27 bits per heavy atom. The van der Waals surface area contributed by atoms with E-state index in [4.69, 9.17) is 28.6 Å². The topological polar surface area (TPSA) is 143 Å². The molecule has 3 heterocycles. The number of benzene rings is 1. The molecule has 1 aromatic carbocycles. The summed E-state index contributed by atoms with van der Waals surface area (Å²) in [5.74, 6) is 0.151. The van der Waals surface area contributed by atoms with Crippen molar-refractivity contribution in [3.8, 4) is 0 Å². The van der Waals surface area contributed by atoms with Gasteiger partial charge in [-0.25, -0.2) is 9.97 Å². The summed E-state index contributed by atoms with van der Waals surface area (Å²) in [7, 11) is 0. The highest BCUT2D eigenvalue weighted by Gasteiger charge is 2.25. The lowest BCUT2D eigenvalue weighted by molar-refractivity contribution is 0.0713. The molecule has 3 aromatic rings. The maximum absolute atomic E-state index is 12.7. The minimum absolute atomic E-state index is 0.0209.